The van der Waals surface area contributed by atoms with Gasteiger partial charge in [0, 0.05) is 29.6 Å². The summed E-state index contributed by atoms with van der Waals surface area (Å²) in [4.78, 5) is 0. The molecule has 0 atom stereocenters. The highest BCUT2D eigenvalue weighted by molar-refractivity contribution is 7.90. The third-order valence-corrected chi connectivity index (χ3v) is 6.32. The van der Waals surface area contributed by atoms with Gasteiger partial charge in [-0.05, 0) is 37.1 Å². The minimum atomic E-state index is -3.20. The minimum Gasteiger partial charge on any atom is -0.356 e. The summed E-state index contributed by atoms with van der Waals surface area (Å²) >= 11 is 5.86. The van der Waals surface area contributed by atoms with Crippen LogP contribution in [0.2, 0.25) is 5.02 Å². The first-order valence-electron chi connectivity index (χ1n) is 7.74. The molecule has 1 aliphatic rings. The Labute approximate surface area is 141 Å². The summed E-state index contributed by atoms with van der Waals surface area (Å²) in [6.07, 6.45) is 4.03. The molecule has 1 aromatic carbocycles. The van der Waals surface area contributed by atoms with E-state index in [4.69, 9.17) is 16.1 Å². The van der Waals surface area contributed by atoms with Crippen LogP contribution in [0.5, 0.6) is 0 Å². The predicted octanol–water partition coefficient (Wildman–Crippen LogP) is 3.40. The maximum atomic E-state index is 12.1. The van der Waals surface area contributed by atoms with Crippen LogP contribution >= 0.6 is 11.6 Å². The Morgan fingerprint density at radius 1 is 1.22 bits per heavy atom. The molecule has 0 bridgehead atoms. The van der Waals surface area contributed by atoms with Crippen molar-refractivity contribution in [3.05, 3.63) is 41.0 Å². The van der Waals surface area contributed by atoms with Gasteiger partial charge in [0.05, 0.1) is 10.9 Å². The van der Waals surface area contributed by atoms with Crippen molar-refractivity contribution >= 4 is 21.6 Å². The fraction of sp³-hybridized carbons (Fsp3) is 0.438. The standard InChI is InChI=1S/C16H19ClN2O3S/c17-13-7-5-12(6-8-13)16-11-14(19-22-16)9-10-18-23(20,21)15-3-1-2-4-15/h5-8,11,15,18H,1-4,9-10H2. The first kappa shape index (κ1) is 16.5. The van der Waals surface area contributed by atoms with E-state index in [1.54, 1.807) is 12.1 Å². The molecule has 1 saturated carbocycles. The normalized spacial score (nSPS) is 16.0. The van der Waals surface area contributed by atoms with Crippen LogP contribution in [0.3, 0.4) is 0 Å². The van der Waals surface area contributed by atoms with Gasteiger partial charge in [0.1, 0.15) is 0 Å². The van der Waals surface area contributed by atoms with E-state index >= 15 is 0 Å². The number of rotatable bonds is 6. The largest absolute Gasteiger partial charge is 0.356 e. The number of hydrogen-bond acceptors (Lipinski definition) is 4. The molecule has 1 aliphatic carbocycles. The molecule has 0 radical (unpaired) electrons. The highest BCUT2D eigenvalue weighted by Gasteiger charge is 2.28. The van der Waals surface area contributed by atoms with E-state index in [0.29, 0.717) is 23.7 Å². The molecule has 5 nitrogen and oxygen atoms in total. The van der Waals surface area contributed by atoms with Crippen LogP contribution in [0.15, 0.2) is 34.9 Å². The first-order valence-corrected chi connectivity index (χ1v) is 9.67. The third kappa shape index (κ3) is 4.13. The Kier molecular flexibility index (Phi) is 5.04. The number of aromatic nitrogens is 1. The van der Waals surface area contributed by atoms with Crippen molar-refractivity contribution in [2.45, 2.75) is 37.4 Å². The van der Waals surface area contributed by atoms with Crippen LogP contribution in [0.1, 0.15) is 31.4 Å². The number of sulfonamides is 1. The van der Waals surface area contributed by atoms with E-state index < -0.39 is 10.0 Å². The average molecular weight is 355 g/mol. The van der Waals surface area contributed by atoms with E-state index in [1.165, 1.54) is 0 Å². The second kappa shape index (κ2) is 7.03. The summed E-state index contributed by atoms with van der Waals surface area (Å²) in [6, 6.07) is 9.11. The highest BCUT2D eigenvalue weighted by atomic mass is 35.5. The number of hydrogen-bond donors (Lipinski definition) is 1. The van der Waals surface area contributed by atoms with E-state index in [2.05, 4.69) is 9.88 Å². The first-order chi connectivity index (χ1) is 11.0. The van der Waals surface area contributed by atoms with Gasteiger partial charge in [0.15, 0.2) is 5.76 Å². The van der Waals surface area contributed by atoms with Crippen LogP contribution in [0.4, 0.5) is 0 Å². The molecule has 23 heavy (non-hydrogen) atoms. The van der Waals surface area contributed by atoms with Crippen molar-refractivity contribution in [2.75, 3.05) is 6.54 Å². The van der Waals surface area contributed by atoms with E-state index in [0.717, 1.165) is 36.9 Å². The second-order valence-electron chi connectivity index (χ2n) is 5.79. The van der Waals surface area contributed by atoms with E-state index in [9.17, 15) is 8.42 Å². The predicted molar refractivity (Wildman–Crippen MR) is 89.8 cm³/mol. The summed E-state index contributed by atoms with van der Waals surface area (Å²) in [5.74, 6) is 0.648. The summed E-state index contributed by atoms with van der Waals surface area (Å²) in [7, 11) is -3.20. The highest BCUT2D eigenvalue weighted by Crippen LogP contribution is 2.24. The summed E-state index contributed by atoms with van der Waals surface area (Å²) in [6.45, 7) is 0.339. The van der Waals surface area contributed by atoms with E-state index in [1.807, 2.05) is 18.2 Å². The van der Waals surface area contributed by atoms with Crippen LogP contribution in [-0.4, -0.2) is 25.4 Å². The Hall–Kier alpha value is -1.37. The monoisotopic (exact) mass is 354 g/mol. The zero-order valence-electron chi connectivity index (χ0n) is 12.7. The molecule has 0 aliphatic heterocycles. The maximum Gasteiger partial charge on any atom is 0.214 e. The van der Waals surface area contributed by atoms with Crippen molar-refractivity contribution in [2.24, 2.45) is 0 Å². The van der Waals surface area contributed by atoms with Gasteiger partial charge in [0.25, 0.3) is 0 Å². The number of benzene rings is 1. The van der Waals surface area contributed by atoms with Gasteiger partial charge < -0.3 is 4.52 Å². The van der Waals surface area contributed by atoms with Crippen molar-refractivity contribution in [3.63, 3.8) is 0 Å². The molecule has 0 amide bonds. The molecule has 1 heterocycles. The Bertz CT molecular complexity index is 750. The third-order valence-electron chi connectivity index (χ3n) is 4.11. The van der Waals surface area contributed by atoms with Gasteiger partial charge in [-0.1, -0.05) is 29.6 Å². The van der Waals surface area contributed by atoms with Gasteiger partial charge in [0.2, 0.25) is 10.0 Å². The SMILES string of the molecule is O=S(=O)(NCCc1cc(-c2ccc(Cl)cc2)on1)C1CCCC1. The van der Waals surface area contributed by atoms with Gasteiger partial charge in [-0.2, -0.15) is 0 Å². The quantitative estimate of drug-likeness (QED) is 0.862. The minimum absolute atomic E-state index is 0.232. The molecule has 0 spiro atoms. The molecule has 1 N–H and O–H groups in total. The van der Waals surface area contributed by atoms with Crippen molar-refractivity contribution in [3.8, 4) is 11.3 Å². The number of nitrogens with zero attached hydrogens (tertiary/aromatic N) is 1. The lowest BCUT2D eigenvalue weighted by atomic mass is 10.1. The molecule has 0 saturated heterocycles. The zero-order valence-corrected chi connectivity index (χ0v) is 14.2. The van der Waals surface area contributed by atoms with Crippen LogP contribution in [0.25, 0.3) is 11.3 Å². The summed E-state index contributed by atoms with van der Waals surface area (Å²) < 4.78 is 32.2. The molecular weight excluding hydrogens is 336 g/mol. The molecule has 2 aromatic rings. The Balaban J connectivity index is 1.56. The molecular formula is C16H19ClN2O3S. The van der Waals surface area contributed by atoms with Gasteiger partial charge >= 0.3 is 0 Å². The lowest BCUT2D eigenvalue weighted by Crippen LogP contribution is -2.34. The fourth-order valence-corrected chi connectivity index (χ4v) is 4.52. The lowest BCUT2D eigenvalue weighted by Gasteiger charge is -2.11. The van der Waals surface area contributed by atoms with E-state index in [-0.39, 0.29) is 5.25 Å². The van der Waals surface area contributed by atoms with Gasteiger partial charge in [-0.25, -0.2) is 13.1 Å². The molecule has 1 aromatic heterocycles. The van der Waals surface area contributed by atoms with Crippen molar-refractivity contribution in [1.82, 2.24) is 9.88 Å². The van der Waals surface area contributed by atoms with Crippen LogP contribution in [0, 0.1) is 0 Å². The molecule has 3 rings (SSSR count). The molecule has 7 heteroatoms. The number of halogens is 1. The van der Waals surface area contributed by atoms with Crippen molar-refractivity contribution in [1.29, 1.82) is 0 Å². The Morgan fingerprint density at radius 2 is 1.91 bits per heavy atom. The Morgan fingerprint density at radius 3 is 2.61 bits per heavy atom. The molecule has 1 fully saturated rings. The van der Waals surface area contributed by atoms with Gasteiger partial charge in [-0.3, -0.25) is 0 Å². The molecule has 0 unspecified atom stereocenters. The lowest BCUT2D eigenvalue weighted by molar-refractivity contribution is 0.423. The molecule has 124 valence electrons. The summed E-state index contributed by atoms with van der Waals surface area (Å²) in [5.41, 5.74) is 1.61. The average Bonchev–Trinajstić information content (AvgIpc) is 3.19. The number of nitrogens with one attached hydrogen (secondary N) is 1. The van der Waals surface area contributed by atoms with Gasteiger partial charge in [-0.15, -0.1) is 0 Å². The zero-order chi connectivity index (χ0) is 16.3. The van der Waals surface area contributed by atoms with Crippen molar-refractivity contribution < 1.29 is 12.9 Å². The van der Waals surface area contributed by atoms with Crippen LogP contribution in [-0.2, 0) is 16.4 Å². The topological polar surface area (TPSA) is 72.2 Å². The van der Waals surface area contributed by atoms with Crippen LogP contribution < -0.4 is 4.72 Å². The summed E-state index contributed by atoms with van der Waals surface area (Å²) in [5, 5.41) is 4.42. The maximum absolute atomic E-state index is 12.1. The fourth-order valence-electron chi connectivity index (χ4n) is 2.82. The second-order valence-corrected chi connectivity index (χ2v) is 8.27. The smallest absolute Gasteiger partial charge is 0.214 e.